The molecule has 1 aromatic carbocycles. The molecule has 2 aliphatic rings. The van der Waals surface area contributed by atoms with E-state index in [-0.39, 0.29) is 17.4 Å². The lowest BCUT2D eigenvalue weighted by Gasteiger charge is -2.32. The highest BCUT2D eigenvalue weighted by Gasteiger charge is 2.40. The molecule has 2 heterocycles. The summed E-state index contributed by atoms with van der Waals surface area (Å²) in [5, 5.41) is 3.41. The minimum Gasteiger partial charge on any atom is -0.475 e. The first-order valence-corrected chi connectivity index (χ1v) is 9.53. The first kappa shape index (κ1) is 19.2. The number of nitrogens with zero attached hydrogens (tertiary/aromatic N) is 1. The van der Waals surface area contributed by atoms with Crippen molar-refractivity contribution in [1.29, 1.82) is 0 Å². The van der Waals surface area contributed by atoms with Gasteiger partial charge in [0.25, 0.3) is 0 Å². The summed E-state index contributed by atoms with van der Waals surface area (Å²) in [4.78, 5) is 17.7. The number of ether oxygens (including phenoxy) is 2. The summed E-state index contributed by atoms with van der Waals surface area (Å²) in [6.07, 6.45) is 0.787. The third-order valence-corrected chi connectivity index (χ3v) is 4.82. The topological polar surface area (TPSA) is 59.9 Å². The van der Waals surface area contributed by atoms with Gasteiger partial charge in [-0.3, -0.25) is 0 Å². The van der Waals surface area contributed by atoms with Crippen LogP contribution in [-0.2, 0) is 14.3 Å². The van der Waals surface area contributed by atoms with Crippen LogP contribution in [0.25, 0.3) is 0 Å². The molecule has 0 radical (unpaired) electrons. The van der Waals surface area contributed by atoms with Crippen molar-refractivity contribution in [2.24, 2.45) is 4.99 Å². The zero-order valence-electron chi connectivity index (χ0n) is 16.8. The molecule has 0 saturated carbocycles. The van der Waals surface area contributed by atoms with Crippen LogP contribution in [0.4, 0.5) is 0 Å². The number of esters is 1. The van der Waals surface area contributed by atoms with E-state index in [0.29, 0.717) is 24.7 Å². The number of aliphatic imine (C=N–C) groups is 1. The molecule has 3 rings (SSSR count). The smallest absolute Gasteiger partial charge is 0.336 e. The lowest BCUT2D eigenvalue weighted by molar-refractivity contribution is -0.138. The molecule has 0 amide bonds. The summed E-state index contributed by atoms with van der Waals surface area (Å²) >= 11 is 0. The molecule has 0 spiro atoms. The average molecular weight is 368 g/mol. The van der Waals surface area contributed by atoms with Gasteiger partial charge in [-0.15, -0.1) is 0 Å². The van der Waals surface area contributed by atoms with Gasteiger partial charge >= 0.3 is 5.97 Å². The molecule has 0 aromatic heterocycles. The maximum absolute atomic E-state index is 12.9. The van der Waals surface area contributed by atoms with Gasteiger partial charge in [-0.2, -0.15) is 0 Å². The van der Waals surface area contributed by atoms with Gasteiger partial charge in [0.05, 0.1) is 17.7 Å². The Morgan fingerprint density at radius 3 is 2.56 bits per heavy atom. The van der Waals surface area contributed by atoms with E-state index in [9.17, 15) is 4.79 Å². The van der Waals surface area contributed by atoms with Gasteiger partial charge in [-0.1, -0.05) is 37.3 Å². The predicted molar refractivity (Wildman–Crippen MR) is 106 cm³/mol. The SMILES string of the molecule is CCOC(=O)C1=C(C)NC(CC)=C(C2=NC(C)(C)CO2)C1c1ccccc1. The van der Waals surface area contributed by atoms with Crippen LogP contribution in [0.15, 0.2) is 57.9 Å². The van der Waals surface area contributed by atoms with E-state index in [2.05, 4.69) is 12.2 Å². The van der Waals surface area contributed by atoms with Gasteiger partial charge < -0.3 is 14.8 Å². The number of benzene rings is 1. The molecule has 144 valence electrons. The number of dihydropyridines is 1. The molecule has 27 heavy (non-hydrogen) atoms. The van der Waals surface area contributed by atoms with Gasteiger partial charge in [0.1, 0.15) is 6.61 Å². The Morgan fingerprint density at radius 1 is 1.30 bits per heavy atom. The van der Waals surface area contributed by atoms with Gasteiger partial charge in [0, 0.05) is 22.9 Å². The molecule has 1 unspecified atom stereocenters. The Hall–Kier alpha value is -2.56. The van der Waals surface area contributed by atoms with E-state index in [4.69, 9.17) is 14.5 Å². The monoisotopic (exact) mass is 368 g/mol. The highest BCUT2D eigenvalue weighted by atomic mass is 16.5. The molecule has 2 aliphatic heterocycles. The van der Waals surface area contributed by atoms with E-state index in [0.717, 1.165) is 29.0 Å². The Bertz CT molecular complexity index is 819. The van der Waals surface area contributed by atoms with Gasteiger partial charge in [0.15, 0.2) is 0 Å². The number of hydrogen-bond acceptors (Lipinski definition) is 5. The van der Waals surface area contributed by atoms with Crippen LogP contribution in [0.3, 0.4) is 0 Å². The van der Waals surface area contributed by atoms with Crippen molar-refractivity contribution < 1.29 is 14.3 Å². The van der Waals surface area contributed by atoms with Crippen LogP contribution < -0.4 is 5.32 Å². The first-order valence-electron chi connectivity index (χ1n) is 9.53. The predicted octanol–water partition coefficient (Wildman–Crippen LogP) is 4.08. The number of hydrogen-bond donors (Lipinski definition) is 1. The first-order chi connectivity index (χ1) is 12.9. The molecule has 0 fully saturated rings. The van der Waals surface area contributed by atoms with Crippen LogP contribution in [0.5, 0.6) is 0 Å². The fraction of sp³-hybridized carbons (Fsp3) is 0.455. The van der Waals surface area contributed by atoms with Crippen LogP contribution >= 0.6 is 0 Å². The summed E-state index contributed by atoms with van der Waals surface area (Å²) in [5.74, 6) is 0.0449. The highest BCUT2D eigenvalue weighted by molar-refractivity contribution is 6.03. The minimum atomic E-state index is -0.304. The molecule has 0 aliphatic carbocycles. The van der Waals surface area contributed by atoms with Gasteiger partial charge in [0.2, 0.25) is 5.90 Å². The average Bonchev–Trinajstić information content (AvgIpc) is 3.00. The van der Waals surface area contributed by atoms with E-state index in [1.54, 1.807) is 0 Å². The second kappa shape index (κ2) is 7.59. The van der Waals surface area contributed by atoms with Gasteiger partial charge in [-0.05, 0) is 39.7 Å². The van der Waals surface area contributed by atoms with Crippen LogP contribution in [-0.4, -0.2) is 30.6 Å². The van der Waals surface area contributed by atoms with Crippen molar-refractivity contribution in [2.75, 3.05) is 13.2 Å². The minimum absolute atomic E-state index is 0.269. The van der Waals surface area contributed by atoms with Crippen LogP contribution in [0.2, 0.25) is 0 Å². The summed E-state index contributed by atoms with van der Waals surface area (Å²) < 4.78 is 11.4. The van der Waals surface area contributed by atoms with E-state index >= 15 is 0 Å². The van der Waals surface area contributed by atoms with Crippen molar-refractivity contribution in [3.63, 3.8) is 0 Å². The summed E-state index contributed by atoms with van der Waals surface area (Å²) in [6.45, 7) is 10.8. The second-order valence-electron chi connectivity index (χ2n) is 7.49. The summed E-state index contributed by atoms with van der Waals surface area (Å²) in [7, 11) is 0. The Labute approximate surface area is 161 Å². The molecule has 1 N–H and O–H groups in total. The number of rotatable bonds is 5. The molecule has 5 nitrogen and oxygen atoms in total. The van der Waals surface area contributed by atoms with Crippen molar-refractivity contribution in [3.05, 3.63) is 58.4 Å². The maximum Gasteiger partial charge on any atom is 0.336 e. The van der Waals surface area contributed by atoms with Crippen molar-refractivity contribution >= 4 is 11.9 Å². The van der Waals surface area contributed by atoms with Crippen LogP contribution in [0, 0.1) is 0 Å². The number of carbonyl (C=O) groups excluding carboxylic acids is 1. The summed E-state index contributed by atoms with van der Waals surface area (Å²) in [6, 6.07) is 10.0. The van der Waals surface area contributed by atoms with E-state index in [1.807, 2.05) is 58.0 Å². The Kier molecular flexibility index (Phi) is 5.40. The normalized spacial score (nSPS) is 21.5. The van der Waals surface area contributed by atoms with Crippen molar-refractivity contribution in [2.45, 2.75) is 52.5 Å². The molecule has 0 bridgehead atoms. The van der Waals surface area contributed by atoms with E-state index < -0.39 is 0 Å². The zero-order valence-corrected chi connectivity index (χ0v) is 16.8. The largest absolute Gasteiger partial charge is 0.475 e. The van der Waals surface area contributed by atoms with Crippen molar-refractivity contribution in [3.8, 4) is 0 Å². The molecular weight excluding hydrogens is 340 g/mol. The second-order valence-corrected chi connectivity index (χ2v) is 7.49. The molecule has 1 aromatic rings. The third kappa shape index (κ3) is 3.77. The number of carbonyl (C=O) groups is 1. The fourth-order valence-corrected chi connectivity index (χ4v) is 3.61. The van der Waals surface area contributed by atoms with E-state index in [1.165, 1.54) is 0 Å². The Morgan fingerprint density at radius 2 is 2.00 bits per heavy atom. The van der Waals surface area contributed by atoms with Crippen molar-refractivity contribution in [1.82, 2.24) is 5.32 Å². The summed E-state index contributed by atoms with van der Waals surface area (Å²) in [5.41, 5.74) is 4.15. The number of nitrogens with one attached hydrogen (secondary N) is 1. The lowest BCUT2D eigenvalue weighted by Crippen LogP contribution is -2.32. The zero-order chi connectivity index (χ0) is 19.6. The molecule has 0 saturated heterocycles. The molecule has 1 atom stereocenters. The fourth-order valence-electron chi connectivity index (χ4n) is 3.61. The Balaban J connectivity index is 2.19. The molecular formula is C22H28N2O3. The maximum atomic E-state index is 12.9. The third-order valence-electron chi connectivity index (χ3n) is 4.82. The lowest BCUT2D eigenvalue weighted by atomic mass is 9.79. The highest BCUT2D eigenvalue weighted by Crippen LogP contribution is 2.41. The molecule has 5 heteroatoms. The standard InChI is InChI=1S/C22H28N2O3/c1-6-16-19(20-24-22(4,5)13-27-20)18(15-11-9-8-10-12-15)17(14(3)23-16)21(25)26-7-2/h8-12,18,23H,6-7,13H2,1-5H3. The van der Waals surface area contributed by atoms with Gasteiger partial charge in [-0.25, -0.2) is 9.79 Å². The van der Waals surface area contributed by atoms with Crippen LogP contribution in [0.1, 0.15) is 52.5 Å². The number of allylic oxidation sites excluding steroid dienone is 2. The quantitative estimate of drug-likeness (QED) is 0.796.